The van der Waals surface area contributed by atoms with Crippen LogP contribution in [0.1, 0.15) is 20.8 Å². The molecule has 0 aliphatic carbocycles. The van der Waals surface area contributed by atoms with Gasteiger partial charge in [0.1, 0.15) is 0 Å². The van der Waals surface area contributed by atoms with Gasteiger partial charge in [-0.25, -0.2) is 0 Å². The number of hydrogen-bond acceptors (Lipinski definition) is 0. The van der Waals surface area contributed by atoms with E-state index < -0.39 is 0 Å². The van der Waals surface area contributed by atoms with Crippen LogP contribution in [-0.4, -0.2) is 4.83 Å². The van der Waals surface area contributed by atoms with Gasteiger partial charge in [0.2, 0.25) is 0 Å². The van der Waals surface area contributed by atoms with Crippen LogP contribution in [0.2, 0.25) is 0 Å². The van der Waals surface area contributed by atoms with Gasteiger partial charge in [-0.05, 0) is 0 Å². The fraction of sp³-hybridized carbons (Fsp3) is 0.800. The minimum atomic E-state index is 0. The molecule has 0 aromatic heterocycles. The fourth-order valence-electron chi connectivity index (χ4n) is 0. The molecular formula is C5H12BrLi. The average Bonchev–Trinajstić information content (AvgIpc) is 1.41. The van der Waals surface area contributed by atoms with Gasteiger partial charge in [0.25, 0.3) is 0 Å². The second kappa shape index (κ2) is 15.7. The first-order valence-electron chi connectivity index (χ1n) is 2.08. The summed E-state index contributed by atoms with van der Waals surface area (Å²) in [4.78, 5) is 0.646. The molecule has 40 valence electrons. The zero-order valence-corrected chi connectivity index (χ0v) is 7.25. The van der Waals surface area contributed by atoms with E-state index in [2.05, 4.69) is 36.7 Å². The topological polar surface area (TPSA) is 0 Å². The van der Waals surface area contributed by atoms with E-state index >= 15 is 0 Å². The van der Waals surface area contributed by atoms with Gasteiger partial charge in [-0.2, -0.15) is 6.92 Å². The van der Waals surface area contributed by atoms with E-state index in [1.165, 1.54) is 0 Å². The van der Waals surface area contributed by atoms with Gasteiger partial charge in [0.05, 0.1) is 0 Å². The first-order chi connectivity index (χ1) is 2.73. The second-order valence-corrected chi connectivity index (χ2v) is 2.85. The van der Waals surface area contributed by atoms with Crippen LogP contribution in [0.15, 0.2) is 0 Å². The van der Waals surface area contributed by atoms with Gasteiger partial charge >= 0.3 is 18.9 Å². The summed E-state index contributed by atoms with van der Waals surface area (Å²) in [6.45, 7) is 9.17. The first kappa shape index (κ1) is 15.7. The molecule has 0 saturated carbocycles. The molecule has 0 aliphatic heterocycles. The van der Waals surface area contributed by atoms with Crippen molar-refractivity contribution in [1.29, 1.82) is 0 Å². The Bertz CT molecular complexity index is 12.8. The molecule has 0 atom stereocenters. The van der Waals surface area contributed by atoms with E-state index in [9.17, 15) is 0 Å². The standard InChI is InChI=1S/C3H7Br.C2H5.Li/c1-3(2)4;1-2;/h3H,1-2H3;1H2,2H3;/q;-1;+1. The SMILES string of the molecule is CC(C)Br.[CH2-]C.[Li+]. The molecule has 0 aliphatic rings. The maximum atomic E-state index is 3.27. The van der Waals surface area contributed by atoms with E-state index in [-0.39, 0.29) is 18.9 Å². The van der Waals surface area contributed by atoms with Crippen LogP contribution in [-0.2, 0) is 0 Å². The average molecular weight is 159 g/mol. The summed E-state index contributed by atoms with van der Waals surface area (Å²) in [6.07, 6.45) is 0. The Morgan fingerprint density at radius 2 is 1.29 bits per heavy atom. The van der Waals surface area contributed by atoms with Gasteiger partial charge in [-0.15, -0.1) is 0 Å². The van der Waals surface area contributed by atoms with Crippen molar-refractivity contribution in [3.05, 3.63) is 6.92 Å². The van der Waals surface area contributed by atoms with Crippen LogP contribution < -0.4 is 18.9 Å². The number of alkyl halides is 1. The third kappa shape index (κ3) is 157. The smallest absolute Gasteiger partial charge is 0.346 e. The van der Waals surface area contributed by atoms with E-state index in [1.807, 2.05) is 0 Å². The minimum Gasteiger partial charge on any atom is -0.346 e. The largest absolute Gasteiger partial charge is 1.00 e. The van der Waals surface area contributed by atoms with Crippen LogP contribution >= 0.6 is 15.9 Å². The molecule has 0 saturated heterocycles. The minimum absolute atomic E-state index is 0. The van der Waals surface area contributed by atoms with Crippen molar-refractivity contribution in [2.24, 2.45) is 0 Å². The summed E-state index contributed by atoms with van der Waals surface area (Å²) in [5.41, 5.74) is 0. The first-order valence-corrected chi connectivity index (χ1v) is 3.00. The van der Waals surface area contributed by atoms with E-state index in [0.717, 1.165) is 0 Å². The van der Waals surface area contributed by atoms with Crippen LogP contribution in [0.4, 0.5) is 0 Å². The van der Waals surface area contributed by atoms with Crippen LogP contribution in [0, 0.1) is 6.92 Å². The molecular weight excluding hydrogens is 147 g/mol. The van der Waals surface area contributed by atoms with Crippen molar-refractivity contribution in [3.63, 3.8) is 0 Å². The summed E-state index contributed by atoms with van der Waals surface area (Å²) in [5, 5.41) is 0. The molecule has 0 fully saturated rings. The summed E-state index contributed by atoms with van der Waals surface area (Å²) in [5.74, 6) is 0. The van der Waals surface area contributed by atoms with Gasteiger partial charge in [-0.3, -0.25) is 0 Å². The van der Waals surface area contributed by atoms with Gasteiger partial charge in [0.15, 0.2) is 0 Å². The normalized spacial score (nSPS) is 6.00. The summed E-state index contributed by atoms with van der Waals surface area (Å²) in [7, 11) is 0. The zero-order valence-electron chi connectivity index (χ0n) is 5.66. The van der Waals surface area contributed by atoms with Crippen molar-refractivity contribution < 1.29 is 18.9 Å². The van der Waals surface area contributed by atoms with Gasteiger partial charge < -0.3 is 6.92 Å². The molecule has 0 aromatic rings. The molecule has 0 unspecified atom stereocenters. The number of rotatable bonds is 0. The van der Waals surface area contributed by atoms with Crippen LogP contribution in [0.3, 0.4) is 0 Å². The predicted molar refractivity (Wildman–Crippen MR) is 35.1 cm³/mol. The molecule has 0 radical (unpaired) electrons. The van der Waals surface area contributed by atoms with E-state index in [1.54, 1.807) is 6.92 Å². The molecule has 7 heavy (non-hydrogen) atoms. The molecule has 2 heteroatoms. The van der Waals surface area contributed by atoms with Crippen LogP contribution in [0.5, 0.6) is 0 Å². The zero-order chi connectivity index (χ0) is 5.58. The Labute approximate surface area is 67.4 Å². The molecule has 0 spiro atoms. The number of hydrogen-bond donors (Lipinski definition) is 0. The summed E-state index contributed by atoms with van der Waals surface area (Å²) < 4.78 is 0. The van der Waals surface area contributed by atoms with Crippen molar-refractivity contribution in [3.8, 4) is 0 Å². The Morgan fingerprint density at radius 1 is 1.29 bits per heavy atom. The van der Waals surface area contributed by atoms with E-state index in [0.29, 0.717) is 4.83 Å². The van der Waals surface area contributed by atoms with Crippen molar-refractivity contribution in [2.75, 3.05) is 0 Å². The molecule has 0 heterocycles. The van der Waals surface area contributed by atoms with Gasteiger partial charge in [-0.1, -0.05) is 29.8 Å². The van der Waals surface area contributed by atoms with Crippen LogP contribution in [0.25, 0.3) is 0 Å². The summed E-state index contributed by atoms with van der Waals surface area (Å²) >= 11 is 3.27. The van der Waals surface area contributed by atoms with Crippen molar-refractivity contribution in [2.45, 2.75) is 25.6 Å². The Morgan fingerprint density at radius 3 is 1.29 bits per heavy atom. The maximum Gasteiger partial charge on any atom is 1.00 e. The second-order valence-electron chi connectivity index (χ2n) is 1.01. The fourth-order valence-corrected chi connectivity index (χ4v) is 0. The Kier molecular flexibility index (Phi) is 35.3. The number of halogens is 1. The predicted octanol–water partition coefficient (Wildman–Crippen LogP) is -0.366. The van der Waals surface area contributed by atoms with Gasteiger partial charge in [0, 0.05) is 4.83 Å². The monoisotopic (exact) mass is 158 g/mol. The van der Waals surface area contributed by atoms with Crippen molar-refractivity contribution in [1.82, 2.24) is 0 Å². The molecule has 0 amide bonds. The summed E-state index contributed by atoms with van der Waals surface area (Å²) in [6, 6.07) is 0. The Hall–Kier alpha value is 1.08. The molecule has 0 aromatic carbocycles. The molecule has 0 rings (SSSR count). The third-order valence-corrected chi connectivity index (χ3v) is 0. The molecule has 0 bridgehead atoms. The van der Waals surface area contributed by atoms with Crippen molar-refractivity contribution >= 4 is 15.9 Å². The molecule has 0 N–H and O–H groups in total. The maximum absolute atomic E-state index is 3.27. The van der Waals surface area contributed by atoms with E-state index in [4.69, 9.17) is 0 Å². The molecule has 0 nitrogen and oxygen atoms in total. The quantitative estimate of drug-likeness (QED) is 0.257. The Balaban J connectivity index is -0.0000000480. The third-order valence-electron chi connectivity index (χ3n) is 0.